The Morgan fingerprint density at radius 1 is 1.38 bits per heavy atom. The van der Waals surface area contributed by atoms with Crippen LogP contribution in [-0.2, 0) is 0 Å². The average molecular weight is 212 g/mol. The molecule has 16 heavy (non-hydrogen) atoms. The first kappa shape index (κ1) is 10.5. The summed E-state index contributed by atoms with van der Waals surface area (Å²) in [7, 11) is 0. The standard InChI is InChI=1S/C13H12N2O/c1-9-5-6-11(8-10(9)2)15-13(16)12-4-3-7-14-12/h2-8,14H,1H3,(H,15,16). The van der Waals surface area contributed by atoms with E-state index in [9.17, 15) is 4.79 Å². The minimum atomic E-state index is -0.173. The fraction of sp³-hybridized carbons (Fsp3) is 0.0769. The second-order valence-electron chi connectivity index (χ2n) is 3.61. The highest BCUT2D eigenvalue weighted by molar-refractivity contribution is 6.02. The van der Waals surface area contributed by atoms with E-state index in [-0.39, 0.29) is 5.91 Å². The van der Waals surface area contributed by atoms with Crippen LogP contribution in [-0.4, -0.2) is 10.9 Å². The molecule has 0 aliphatic rings. The molecule has 0 aliphatic heterocycles. The van der Waals surface area contributed by atoms with Crippen molar-refractivity contribution in [2.45, 2.75) is 6.92 Å². The topological polar surface area (TPSA) is 44.9 Å². The number of aromatic amines is 1. The first-order chi connectivity index (χ1) is 7.66. The van der Waals surface area contributed by atoms with Crippen LogP contribution in [0.1, 0.15) is 21.6 Å². The van der Waals surface area contributed by atoms with Crippen LogP contribution in [0.15, 0.2) is 36.5 Å². The van der Waals surface area contributed by atoms with Crippen LogP contribution >= 0.6 is 0 Å². The molecule has 1 heterocycles. The van der Waals surface area contributed by atoms with Gasteiger partial charge in [-0.15, -0.1) is 0 Å². The number of aryl methyl sites for hydroxylation is 1. The van der Waals surface area contributed by atoms with Gasteiger partial charge in [-0.2, -0.15) is 0 Å². The molecule has 0 saturated heterocycles. The summed E-state index contributed by atoms with van der Waals surface area (Å²) >= 11 is 0. The molecule has 2 radical (unpaired) electrons. The van der Waals surface area contributed by atoms with E-state index in [1.165, 1.54) is 0 Å². The number of carbonyl (C=O) groups is 1. The van der Waals surface area contributed by atoms with Crippen molar-refractivity contribution in [1.29, 1.82) is 0 Å². The van der Waals surface area contributed by atoms with Gasteiger partial charge in [0.05, 0.1) is 0 Å². The van der Waals surface area contributed by atoms with Crippen molar-refractivity contribution in [2.24, 2.45) is 0 Å². The number of rotatable bonds is 2. The maximum Gasteiger partial charge on any atom is 0.272 e. The Hall–Kier alpha value is -2.03. The lowest BCUT2D eigenvalue weighted by atomic mass is 10.1. The number of benzene rings is 1. The fourth-order valence-electron chi connectivity index (χ4n) is 1.39. The molecule has 1 aromatic carbocycles. The predicted molar refractivity (Wildman–Crippen MR) is 63.3 cm³/mol. The Bertz CT molecular complexity index is 501. The summed E-state index contributed by atoms with van der Waals surface area (Å²) in [6.45, 7) is 7.68. The van der Waals surface area contributed by atoms with Crippen LogP contribution in [0.3, 0.4) is 0 Å². The van der Waals surface area contributed by atoms with Crippen molar-refractivity contribution in [1.82, 2.24) is 4.98 Å². The zero-order valence-electron chi connectivity index (χ0n) is 8.95. The number of hydrogen-bond acceptors (Lipinski definition) is 1. The summed E-state index contributed by atoms with van der Waals surface area (Å²) in [5, 5.41) is 2.76. The zero-order valence-corrected chi connectivity index (χ0v) is 8.95. The minimum Gasteiger partial charge on any atom is -0.357 e. The van der Waals surface area contributed by atoms with Gasteiger partial charge in [-0.25, -0.2) is 0 Å². The van der Waals surface area contributed by atoms with E-state index in [1.807, 2.05) is 19.1 Å². The maximum atomic E-state index is 11.7. The van der Waals surface area contributed by atoms with Crippen LogP contribution in [0.5, 0.6) is 0 Å². The summed E-state index contributed by atoms with van der Waals surface area (Å²) in [6, 6.07) is 8.94. The Kier molecular flexibility index (Phi) is 2.77. The molecular weight excluding hydrogens is 200 g/mol. The number of hydrogen-bond donors (Lipinski definition) is 2. The van der Waals surface area contributed by atoms with Gasteiger partial charge < -0.3 is 10.3 Å². The van der Waals surface area contributed by atoms with Gasteiger partial charge in [-0.05, 0) is 49.2 Å². The van der Waals surface area contributed by atoms with Crippen molar-refractivity contribution < 1.29 is 4.79 Å². The van der Waals surface area contributed by atoms with Gasteiger partial charge in [0.2, 0.25) is 0 Å². The molecule has 0 spiro atoms. The molecule has 2 N–H and O–H groups in total. The third-order valence-corrected chi connectivity index (χ3v) is 2.38. The second-order valence-corrected chi connectivity index (χ2v) is 3.61. The van der Waals surface area contributed by atoms with Crippen LogP contribution in [0, 0.1) is 13.8 Å². The molecule has 3 nitrogen and oxygen atoms in total. The summed E-state index contributed by atoms with van der Waals surface area (Å²) < 4.78 is 0. The number of amides is 1. The summed E-state index contributed by atoms with van der Waals surface area (Å²) in [4.78, 5) is 14.5. The van der Waals surface area contributed by atoms with Crippen LogP contribution in [0.25, 0.3) is 0 Å². The number of H-pyrrole nitrogens is 1. The molecular formula is C13H12N2O. The van der Waals surface area contributed by atoms with Crippen molar-refractivity contribution in [3.63, 3.8) is 0 Å². The van der Waals surface area contributed by atoms with Crippen molar-refractivity contribution in [3.05, 3.63) is 60.3 Å². The average Bonchev–Trinajstić information content (AvgIpc) is 2.77. The van der Waals surface area contributed by atoms with Gasteiger partial charge in [0.1, 0.15) is 5.69 Å². The summed E-state index contributed by atoms with van der Waals surface area (Å²) in [5.74, 6) is -0.173. The Balaban J connectivity index is 2.15. The summed E-state index contributed by atoms with van der Waals surface area (Å²) in [5.41, 5.74) is 2.89. The van der Waals surface area contributed by atoms with Gasteiger partial charge in [0.25, 0.3) is 5.91 Å². The lowest BCUT2D eigenvalue weighted by Gasteiger charge is -2.06. The zero-order chi connectivity index (χ0) is 11.5. The first-order valence-electron chi connectivity index (χ1n) is 4.97. The number of aromatic nitrogens is 1. The van der Waals surface area contributed by atoms with Crippen LogP contribution in [0.2, 0.25) is 0 Å². The molecule has 0 aliphatic carbocycles. The highest BCUT2D eigenvalue weighted by atomic mass is 16.1. The van der Waals surface area contributed by atoms with Crippen molar-refractivity contribution in [2.75, 3.05) is 5.32 Å². The molecule has 3 heteroatoms. The van der Waals surface area contributed by atoms with Gasteiger partial charge in [-0.1, -0.05) is 6.07 Å². The number of carbonyl (C=O) groups excluding carboxylic acids is 1. The molecule has 2 aromatic rings. The minimum absolute atomic E-state index is 0.173. The molecule has 0 fully saturated rings. The maximum absolute atomic E-state index is 11.7. The van der Waals surface area contributed by atoms with E-state index in [1.54, 1.807) is 24.4 Å². The lowest BCUT2D eigenvalue weighted by molar-refractivity contribution is 0.102. The monoisotopic (exact) mass is 212 g/mol. The van der Waals surface area contributed by atoms with E-state index >= 15 is 0 Å². The third kappa shape index (κ3) is 2.14. The van der Waals surface area contributed by atoms with Crippen molar-refractivity contribution >= 4 is 11.6 Å². The Morgan fingerprint density at radius 3 is 2.81 bits per heavy atom. The second kappa shape index (κ2) is 4.23. The molecule has 0 unspecified atom stereocenters. The SMILES string of the molecule is [CH]c1cc(NC(=O)c2ccc[nH]2)ccc1C. The Morgan fingerprint density at radius 2 is 2.19 bits per heavy atom. The third-order valence-electron chi connectivity index (χ3n) is 2.38. The quantitative estimate of drug-likeness (QED) is 0.789. The molecule has 0 bridgehead atoms. The van der Waals surface area contributed by atoms with Gasteiger partial charge in [0, 0.05) is 11.9 Å². The highest BCUT2D eigenvalue weighted by Crippen LogP contribution is 2.14. The smallest absolute Gasteiger partial charge is 0.272 e. The molecule has 2 rings (SSSR count). The van der Waals surface area contributed by atoms with E-state index in [0.717, 1.165) is 5.56 Å². The summed E-state index contributed by atoms with van der Waals surface area (Å²) in [6.07, 6.45) is 1.71. The van der Waals surface area contributed by atoms with E-state index in [4.69, 9.17) is 6.92 Å². The molecule has 80 valence electrons. The van der Waals surface area contributed by atoms with Crippen LogP contribution < -0.4 is 5.32 Å². The van der Waals surface area contributed by atoms with E-state index < -0.39 is 0 Å². The number of nitrogens with one attached hydrogen (secondary N) is 2. The van der Waals surface area contributed by atoms with E-state index in [0.29, 0.717) is 16.9 Å². The van der Waals surface area contributed by atoms with Crippen LogP contribution in [0.4, 0.5) is 5.69 Å². The van der Waals surface area contributed by atoms with Gasteiger partial charge in [0.15, 0.2) is 0 Å². The largest absolute Gasteiger partial charge is 0.357 e. The van der Waals surface area contributed by atoms with Gasteiger partial charge in [-0.3, -0.25) is 4.79 Å². The van der Waals surface area contributed by atoms with E-state index in [2.05, 4.69) is 10.3 Å². The first-order valence-corrected chi connectivity index (χ1v) is 4.97. The molecule has 1 aromatic heterocycles. The fourth-order valence-corrected chi connectivity index (χ4v) is 1.39. The highest BCUT2D eigenvalue weighted by Gasteiger charge is 2.06. The normalized spacial score (nSPS) is 10.1. The number of anilines is 1. The van der Waals surface area contributed by atoms with Crippen molar-refractivity contribution in [3.8, 4) is 0 Å². The molecule has 1 amide bonds. The molecule has 0 saturated carbocycles. The molecule has 0 atom stereocenters. The predicted octanol–water partition coefficient (Wildman–Crippen LogP) is 2.63. The van der Waals surface area contributed by atoms with Gasteiger partial charge >= 0.3 is 0 Å². The Labute approximate surface area is 94.5 Å². The lowest BCUT2D eigenvalue weighted by Crippen LogP contribution is -2.12.